The Labute approximate surface area is 123 Å². The monoisotopic (exact) mass is 289 g/mol. The molecule has 1 aromatic rings. The van der Waals surface area contributed by atoms with Crippen molar-refractivity contribution in [3.05, 3.63) is 35.4 Å². The van der Waals surface area contributed by atoms with Crippen LogP contribution in [0.1, 0.15) is 36.8 Å². The third-order valence-corrected chi connectivity index (χ3v) is 5.89. The minimum atomic E-state index is -0.196. The van der Waals surface area contributed by atoms with Crippen molar-refractivity contribution < 1.29 is 9.59 Å². The van der Waals surface area contributed by atoms with Crippen molar-refractivity contribution in [1.82, 2.24) is 5.32 Å². The number of amides is 2. The molecule has 2 aliphatic rings. The van der Waals surface area contributed by atoms with Gasteiger partial charge in [-0.15, -0.1) is 0 Å². The van der Waals surface area contributed by atoms with Crippen molar-refractivity contribution in [2.45, 2.75) is 37.9 Å². The summed E-state index contributed by atoms with van der Waals surface area (Å²) in [6.45, 7) is 4.22. The Bertz CT molecular complexity index is 554. The minimum Gasteiger partial charge on any atom is -0.296 e. The highest BCUT2D eigenvalue weighted by atomic mass is 32.2. The topological polar surface area (TPSA) is 46.2 Å². The second-order valence-electron chi connectivity index (χ2n) is 6.12. The summed E-state index contributed by atoms with van der Waals surface area (Å²) in [5, 5.41) is 3.04. The largest absolute Gasteiger partial charge is 0.296 e. The van der Waals surface area contributed by atoms with Gasteiger partial charge in [0.25, 0.3) is 0 Å². The van der Waals surface area contributed by atoms with Gasteiger partial charge in [0.2, 0.25) is 11.8 Å². The number of imide groups is 1. The predicted octanol–water partition coefficient (Wildman–Crippen LogP) is 2.64. The van der Waals surface area contributed by atoms with E-state index >= 15 is 0 Å². The maximum Gasteiger partial charge on any atom is 0.234 e. The van der Waals surface area contributed by atoms with Gasteiger partial charge in [-0.1, -0.05) is 36.8 Å². The fourth-order valence-electron chi connectivity index (χ4n) is 3.54. The Morgan fingerprint density at radius 3 is 2.55 bits per heavy atom. The van der Waals surface area contributed by atoms with Crippen LogP contribution in [-0.4, -0.2) is 22.8 Å². The standard InChI is InChI=1S/C16H19NO2S/c1-10-3-5-12(6-4-10)14-15(19)17-13(18)8-16(14)7-11(2)20-9-16/h3-6,11,14H,7-9H2,1-2H3,(H,17,18,19). The fraction of sp³-hybridized carbons (Fsp3) is 0.500. The van der Waals surface area contributed by atoms with Crippen molar-refractivity contribution in [3.63, 3.8) is 0 Å². The molecule has 2 amide bonds. The van der Waals surface area contributed by atoms with Crippen molar-refractivity contribution >= 4 is 23.6 Å². The highest BCUT2D eigenvalue weighted by Gasteiger charge is 2.52. The molecule has 0 saturated carbocycles. The molecule has 3 nitrogen and oxygen atoms in total. The van der Waals surface area contributed by atoms with E-state index in [9.17, 15) is 9.59 Å². The molecule has 3 rings (SSSR count). The Kier molecular flexibility index (Phi) is 3.36. The maximum atomic E-state index is 12.4. The maximum absolute atomic E-state index is 12.4. The SMILES string of the molecule is Cc1ccc(C2C(=O)NC(=O)CC23CSC(C)C3)cc1. The Balaban J connectivity index is 2.02. The van der Waals surface area contributed by atoms with E-state index in [0.717, 1.165) is 17.7 Å². The second kappa shape index (κ2) is 4.92. The molecule has 106 valence electrons. The van der Waals surface area contributed by atoms with E-state index in [2.05, 4.69) is 12.2 Å². The van der Waals surface area contributed by atoms with Crippen molar-refractivity contribution in [2.24, 2.45) is 5.41 Å². The molecule has 3 atom stereocenters. The van der Waals surface area contributed by atoms with Crippen LogP contribution in [-0.2, 0) is 9.59 Å². The van der Waals surface area contributed by atoms with E-state index in [1.807, 2.05) is 43.0 Å². The van der Waals surface area contributed by atoms with Crippen LogP contribution >= 0.6 is 11.8 Å². The molecule has 2 aliphatic heterocycles. The van der Waals surface area contributed by atoms with Crippen LogP contribution in [0.3, 0.4) is 0 Å². The number of benzene rings is 1. The molecule has 20 heavy (non-hydrogen) atoms. The fourth-order valence-corrected chi connectivity index (χ4v) is 4.99. The lowest BCUT2D eigenvalue weighted by atomic mass is 9.66. The second-order valence-corrected chi connectivity index (χ2v) is 7.55. The zero-order valence-electron chi connectivity index (χ0n) is 11.8. The van der Waals surface area contributed by atoms with Crippen LogP contribution in [0.4, 0.5) is 0 Å². The summed E-state index contributed by atoms with van der Waals surface area (Å²) in [5.74, 6) is 0.456. The average molecular weight is 289 g/mol. The van der Waals surface area contributed by atoms with Crippen LogP contribution in [0.15, 0.2) is 24.3 Å². The van der Waals surface area contributed by atoms with Gasteiger partial charge in [0.1, 0.15) is 0 Å². The Hall–Kier alpha value is -1.29. The molecule has 4 heteroatoms. The highest BCUT2D eigenvalue weighted by molar-refractivity contribution is 8.00. The van der Waals surface area contributed by atoms with E-state index in [-0.39, 0.29) is 23.1 Å². The normalized spacial score (nSPS) is 33.5. The molecule has 1 spiro atoms. The zero-order valence-corrected chi connectivity index (χ0v) is 12.6. The van der Waals surface area contributed by atoms with Crippen molar-refractivity contribution in [1.29, 1.82) is 0 Å². The van der Waals surface area contributed by atoms with Gasteiger partial charge in [-0.3, -0.25) is 14.9 Å². The average Bonchev–Trinajstić information content (AvgIpc) is 2.72. The first-order chi connectivity index (χ1) is 9.50. The first kappa shape index (κ1) is 13.7. The van der Waals surface area contributed by atoms with Gasteiger partial charge in [0.15, 0.2) is 0 Å². The van der Waals surface area contributed by atoms with Crippen LogP contribution in [0.5, 0.6) is 0 Å². The van der Waals surface area contributed by atoms with Gasteiger partial charge in [0, 0.05) is 22.8 Å². The number of carbonyl (C=O) groups excluding carboxylic acids is 2. The molecule has 2 fully saturated rings. The molecule has 3 unspecified atom stereocenters. The van der Waals surface area contributed by atoms with Gasteiger partial charge in [-0.2, -0.15) is 11.8 Å². The number of carbonyl (C=O) groups is 2. The van der Waals surface area contributed by atoms with Gasteiger partial charge in [-0.05, 0) is 18.9 Å². The van der Waals surface area contributed by atoms with Gasteiger partial charge < -0.3 is 0 Å². The Morgan fingerprint density at radius 1 is 1.25 bits per heavy atom. The van der Waals surface area contributed by atoms with Crippen molar-refractivity contribution in [3.8, 4) is 0 Å². The first-order valence-electron chi connectivity index (χ1n) is 7.02. The zero-order chi connectivity index (χ0) is 14.3. The predicted molar refractivity (Wildman–Crippen MR) is 80.7 cm³/mol. The Morgan fingerprint density at radius 2 is 1.95 bits per heavy atom. The van der Waals surface area contributed by atoms with E-state index in [1.54, 1.807) is 0 Å². The first-order valence-corrected chi connectivity index (χ1v) is 8.07. The number of hydrogen-bond acceptors (Lipinski definition) is 3. The number of hydrogen-bond donors (Lipinski definition) is 1. The van der Waals surface area contributed by atoms with Crippen LogP contribution in [0.2, 0.25) is 0 Å². The molecule has 0 radical (unpaired) electrons. The number of thioether (sulfide) groups is 1. The number of aryl methyl sites for hydroxylation is 1. The summed E-state index contributed by atoms with van der Waals surface area (Å²) >= 11 is 1.88. The molecule has 2 saturated heterocycles. The number of piperidine rings is 1. The summed E-state index contributed by atoms with van der Waals surface area (Å²) in [4.78, 5) is 24.2. The van der Waals surface area contributed by atoms with Crippen LogP contribution in [0.25, 0.3) is 0 Å². The summed E-state index contributed by atoms with van der Waals surface area (Å²) < 4.78 is 0. The third-order valence-electron chi connectivity index (χ3n) is 4.41. The van der Waals surface area contributed by atoms with Gasteiger partial charge in [0.05, 0.1) is 5.92 Å². The summed E-state index contributed by atoms with van der Waals surface area (Å²) in [5.41, 5.74) is 2.03. The highest BCUT2D eigenvalue weighted by Crippen LogP contribution is 2.53. The lowest BCUT2D eigenvalue weighted by Gasteiger charge is -2.39. The third kappa shape index (κ3) is 2.26. The summed E-state index contributed by atoms with van der Waals surface area (Å²) in [6, 6.07) is 8.14. The van der Waals surface area contributed by atoms with E-state index in [4.69, 9.17) is 0 Å². The molecule has 0 aliphatic carbocycles. The van der Waals surface area contributed by atoms with E-state index in [1.165, 1.54) is 5.56 Å². The molecule has 2 heterocycles. The van der Waals surface area contributed by atoms with Gasteiger partial charge in [-0.25, -0.2) is 0 Å². The molecule has 0 bridgehead atoms. The van der Waals surface area contributed by atoms with E-state index < -0.39 is 0 Å². The molecule has 1 N–H and O–H groups in total. The summed E-state index contributed by atoms with van der Waals surface area (Å²) in [6.07, 6.45) is 1.41. The molecular formula is C16H19NO2S. The number of nitrogens with one attached hydrogen (secondary N) is 1. The quantitative estimate of drug-likeness (QED) is 0.808. The molecule has 0 aromatic heterocycles. The molecular weight excluding hydrogens is 270 g/mol. The number of rotatable bonds is 1. The lowest BCUT2D eigenvalue weighted by Crippen LogP contribution is -2.51. The lowest BCUT2D eigenvalue weighted by molar-refractivity contribution is -0.139. The molecule has 1 aromatic carbocycles. The minimum absolute atomic E-state index is 0.118. The van der Waals surface area contributed by atoms with Gasteiger partial charge >= 0.3 is 0 Å². The van der Waals surface area contributed by atoms with E-state index in [0.29, 0.717) is 11.7 Å². The van der Waals surface area contributed by atoms with Crippen LogP contribution in [0, 0.1) is 12.3 Å². The summed E-state index contributed by atoms with van der Waals surface area (Å²) in [7, 11) is 0. The van der Waals surface area contributed by atoms with Crippen molar-refractivity contribution in [2.75, 3.05) is 5.75 Å². The smallest absolute Gasteiger partial charge is 0.234 e. The van der Waals surface area contributed by atoms with Crippen LogP contribution < -0.4 is 5.32 Å².